The van der Waals surface area contributed by atoms with E-state index >= 15 is 0 Å². The summed E-state index contributed by atoms with van der Waals surface area (Å²) in [6.07, 6.45) is 2.73. The van der Waals surface area contributed by atoms with Gasteiger partial charge in [0, 0.05) is 23.7 Å². The van der Waals surface area contributed by atoms with Crippen LogP contribution < -0.4 is 0 Å². The van der Waals surface area contributed by atoms with Gasteiger partial charge < -0.3 is 4.74 Å². The van der Waals surface area contributed by atoms with Crippen LogP contribution in [0.15, 0.2) is 18.2 Å². The molecule has 2 saturated carbocycles. The number of hydrogen-bond acceptors (Lipinski definition) is 7. The van der Waals surface area contributed by atoms with Crippen molar-refractivity contribution in [2.75, 3.05) is 13.2 Å². The lowest BCUT2D eigenvalue weighted by atomic mass is 9.81. The quantitative estimate of drug-likeness (QED) is 0.220. The SMILES string of the molecule is Cc1ccc(C(=O)COC(=O)CCN2C(=O)[C@@H]3[C@@H]4CC[C@@H](C4)[C@@H]3C2=O)cc1[N+](=O)[O-]. The number of hydrogen-bond donors (Lipinski definition) is 0. The molecule has 3 aliphatic rings. The number of ether oxygens (including phenoxy) is 1. The van der Waals surface area contributed by atoms with Gasteiger partial charge in [-0.2, -0.15) is 0 Å². The summed E-state index contributed by atoms with van der Waals surface area (Å²) in [5, 5.41) is 11.0. The fourth-order valence-electron chi connectivity index (χ4n) is 5.18. The number of carbonyl (C=O) groups is 4. The summed E-state index contributed by atoms with van der Waals surface area (Å²) >= 11 is 0. The first-order chi connectivity index (χ1) is 14.3. The lowest BCUT2D eigenvalue weighted by Gasteiger charge is -2.19. The van der Waals surface area contributed by atoms with Crippen molar-refractivity contribution in [1.82, 2.24) is 4.90 Å². The number of likely N-dealkylation sites (tertiary alicyclic amines) is 1. The van der Waals surface area contributed by atoms with Crippen molar-refractivity contribution >= 4 is 29.3 Å². The van der Waals surface area contributed by atoms with Gasteiger partial charge in [0.1, 0.15) is 0 Å². The molecule has 2 amide bonds. The molecule has 1 aromatic carbocycles. The maximum absolute atomic E-state index is 12.6. The molecule has 0 aromatic heterocycles. The van der Waals surface area contributed by atoms with Crippen LogP contribution in [0.5, 0.6) is 0 Å². The van der Waals surface area contributed by atoms with Crippen molar-refractivity contribution in [1.29, 1.82) is 0 Å². The first-order valence-corrected chi connectivity index (χ1v) is 10.1. The molecule has 1 saturated heterocycles. The Kier molecular flexibility index (Phi) is 5.13. The highest BCUT2D eigenvalue weighted by molar-refractivity contribution is 6.06. The molecule has 9 nitrogen and oxygen atoms in total. The number of ketones is 1. The van der Waals surface area contributed by atoms with E-state index in [9.17, 15) is 29.3 Å². The van der Waals surface area contributed by atoms with Gasteiger partial charge in [0.25, 0.3) is 5.69 Å². The normalized spacial score (nSPS) is 26.8. The molecular formula is C21H22N2O7. The Balaban J connectivity index is 1.29. The zero-order valence-electron chi connectivity index (χ0n) is 16.5. The summed E-state index contributed by atoms with van der Waals surface area (Å²) in [4.78, 5) is 61.0. The number of nitro benzene ring substituents is 1. The van der Waals surface area contributed by atoms with E-state index in [1.165, 1.54) is 17.0 Å². The lowest BCUT2D eigenvalue weighted by Crippen LogP contribution is -2.35. The van der Waals surface area contributed by atoms with Gasteiger partial charge in [0.15, 0.2) is 6.61 Å². The number of amides is 2. The highest BCUT2D eigenvalue weighted by Gasteiger charge is 2.60. The molecular weight excluding hydrogens is 392 g/mol. The number of rotatable bonds is 7. The first-order valence-electron chi connectivity index (χ1n) is 10.1. The van der Waals surface area contributed by atoms with Gasteiger partial charge in [0.05, 0.1) is 23.2 Å². The Morgan fingerprint density at radius 3 is 2.40 bits per heavy atom. The molecule has 1 heterocycles. The third-order valence-electron chi connectivity index (χ3n) is 6.65. The number of benzene rings is 1. The smallest absolute Gasteiger partial charge is 0.308 e. The largest absolute Gasteiger partial charge is 0.457 e. The molecule has 3 fully saturated rings. The molecule has 2 bridgehead atoms. The number of esters is 1. The zero-order chi connectivity index (χ0) is 21.6. The van der Waals surface area contributed by atoms with E-state index in [-0.39, 0.29) is 59.7 Å². The van der Waals surface area contributed by atoms with E-state index < -0.39 is 23.3 Å². The molecule has 30 heavy (non-hydrogen) atoms. The second kappa shape index (κ2) is 7.62. The van der Waals surface area contributed by atoms with Crippen molar-refractivity contribution in [2.45, 2.75) is 32.6 Å². The Bertz CT molecular complexity index is 929. The summed E-state index contributed by atoms with van der Waals surface area (Å²) in [7, 11) is 0. The van der Waals surface area contributed by atoms with Crippen LogP contribution in [0.3, 0.4) is 0 Å². The van der Waals surface area contributed by atoms with Crippen LogP contribution in [0.2, 0.25) is 0 Å². The number of nitro groups is 1. The predicted octanol–water partition coefficient (Wildman–Crippen LogP) is 2.05. The highest BCUT2D eigenvalue weighted by Crippen LogP contribution is 2.56. The van der Waals surface area contributed by atoms with Gasteiger partial charge in [-0.15, -0.1) is 0 Å². The van der Waals surface area contributed by atoms with Gasteiger partial charge >= 0.3 is 5.97 Å². The molecule has 4 atom stereocenters. The van der Waals surface area contributed by atoms with Crippen LogP contribution in [-0.2, 0) is 19.1 Å². The fraction of sp³-hybridized carbons (Fsp3) is 0.524. The van der Waals surface area contributed by atoms with Crippen LogP contribution in [0.1, 0.15) is 41.6 Å². The van der Waals surface area contributed by atoms with Crippen LogP contribution in [0.25, 0.3) is 0 Å². The summed E-state index contributed by atoms with van der Waals surface area (Å²) in [5.41, 5.74) is 0.317. The van der Waals surface area contributed by atoms with Gasteiger partial charge in [-0.25, -0.2) is 0 Å². The van der Waals surface area contributed by atoms with Gasteiger partial charge in [0.2, 0.25) is 17.6 Å². The molecule has 0 radical (unpaired) electrons. The molecule has 2 aliphatic carbocycles. The zero-order valence-corrected chi connectivity index (χ0v) is 16.5. The van der Waals surface area contributed by atoms with Crippen molar-refractivity contribution in [3.8, 4) is 0 Å². The van der Waals surface area contributed by atoms with Gasteiger partial charge in [-0.05, 0) is 38.0 Å². The molecule has 1 aliphatic heterocycles. The average molecular weight is 414 g/mol. The molecule has 4 rings (SSSR count). The van der Waals surface area contributed by atoms with E-state index in [0.29, 0.717) is 5.56 Å². The molecule has 158 valence electrons. The van der Waals surface area contributed by atoms with E-state index in [0.717, 1.165) is 25.3 Å². The lowest BCUT2D eigenvalue weighted by molar-refractivity contribution is -0.385. The molecule has 1 aromatic rings. The Morgan fingerprint density at radius 2 is 1.80 bits per heavy atom. The summed E-state index contributed by atoms with van der Waals surface area (Å²) in [6.45, 7) is 0.955. The van der Waals surface area contributed by atoms with Crippen molar-refractivity contribution in [3.05, 3.63) is 39.4 Å². The molecule has 0 spiro atoms. The Morgan fingerprint density at radius 1 is 1.17 bits per heavy atom. The van der Waals surface area contributed by atoms with Gasteiger partial charge in [-0.1, -0.05) is 12.1 Å². The minimum Gasteiger partial charge on any atom is -0.457 e. The summed E-state index contributed by atoms with van der Waals surface area (Å²) in [5.74, 6) is -1.54. The number of imide groups is 1. The number of nitrogens with zero attached hydrogens (tertiary/aromatic N) is 2. The number of carbonyl (C=O) groups excluding carboxylic acids is 4. The third-order valence-corrected chi connectivity index (χ3v) is 6.65. The van der Waals surface area contributed by atoms with Crippen LogP contribution in [0.4, 0.5) is 5.69 Å². The predicted molar refractivity (Wildman–Crippen MR) is 102 cm³/mol. The Hall–Kier alpha value is -3.10. The number of fused-ring (bicyclic) bond motifs is 5. The molecule has 9 heteroatoms. The monoisotopic (exact) mass is 414 g/mol. The maximum atomic E-state index is 12.6. The summed E-state index contributed by atoms with van der Waals surface area (Å²) in [6, 6.07) is 4.05. The topological polar surface area (TPSA) is 124 Å². The third kappa shape index (κ3) is 3.38. The van der Waals surface area contributed by atoms with Crippen LogP contribution >= 0.6 is 0 Å². The van der Waals surface area contributed by atoms with E-state index in [1.54, 1.807) is 6.92 Å². The minimum absolute atomic E-state index is 0.0485. The van der Waals surface area contributed by atoms with Crippen molar-refractivity contribution in [3.63, 3.8) is 0 Å². The van der Waals surface area contributed by atoms with Crippen molar-refractivity contribution in [2.24, 2.45) is 23.7 Å². The number of Topliss-reactive ketones (excluding diaryl/α,β-unsaturated/α-hetero) is 1. The van der Waals surface area contributed by atoms with Crippen LogP contribution in [0, 0.1) is 40.7 Å². The molecule has 0 unspecified atom stereocenters. The standard InChI is InChI=1S/C21H22N2O7/c1-11-2-3-12(9-15(11)23(28)29)16(24)10-30-17(25)6-7-22-20(26)18-13-4-5-14(8-13)19(18)21(22)27/h2-3,9,13-14,18-19H,4-8,10H2,1H3/t13-,14+,18-,19+. The van der Waals surface area contributed by atoms with Crippen LogP contribution in [-0.4, -0.2) is 46.5 Å². The van der Waals surface area contributed by atoms with E-state index in [1.807, 2.05) is 0 Å². The van der Waals surface area contributed by atoms with E-state index in [2.05, 4.69) is 0 Å². The van der Waals surface area contributed by atoms with Crippen molar-refractivity contribution < 1.29 is 28.8 Å². The molecule has 0 N–H and O–H groups in total. The highest BCUT2D eigenvalue weighted by atomic mass is 16.6. The Labute approximate surface area is 172 Å². The fourth-order valence-corrected chi connectivity index (χ4v) is 5.18. The number of aryl methyl sites for hydroxylation is 1. The van der Waals surface area contributed by atoms with E-state index in [4.69, 9.17) is 4.74 Å². The minimum atomic E-state index is -0.703. The maximum Gasteiger partial charge on any atom is 0.308 e. The first kappa shape index (κ1) is 20.2. The second-order valence-electron chi connectivity index (χ2n) is 8.31. The second-order valence-corrected chi connectivity index (χ2v) is 8.31. The summed E-state index contributed by atoms with van der Waals surface area (Å²) < 4.78 is 4.96. The average Bonchev–Trinajstić information content (AvgIpc) is 3.39. The van der Waals surface area contributed by atoms with Gasteiger partial charge in [-0.3, -0.25) is 34.2 Å².